The molecule has 2 heterocycles. The smallest absolute Gasteiger partial charge is 0.242 e. The Balaban J connectivity index is 0.000000890. The van der Waals surface area contributed by atoms with Crippen LogP contribution in [0.1, 0.15) is 59.4 Å². The maximum Gasteiger partial charge on any atom is 0.242 e. The number of piperidine rings is 1. The van der Waals surface area contributed by atoms with Gasteiger partial charge in [0.1, 0.15) is 5.75 Å². The summed E-state index contributed by atoms with van der Waals surface area (Å²) in [6.45, 7) is 16.6. The SMILES string of the molecule is CC(C)C.Cc1ccc(OCC2CCN(C(=O)CN3CCNC(CC(C)C)C3=O)CC2)cc1. The summed E-state index contributed by atoms with van der Waals surface area (Å²) >= 11 is 0. The summed E-state index contributed by atoms with van der Waals surface area (Å²) in [6.07, 6.45) is 2.71. The lowest BCUT2D eigenvalue weighted by molar-refractivity contribution is -0.144. The highest BCUT2D eigenvalue weighted by Gasteiger charge is 2.31. The summed E-state index contributed by atoms with van der Waals surface area (Å²) in [5, 5.41) is 3.29. The minimum absolute atomic E-state index is 0.0692. The van der Waals surface area contributed by atoms with Crippen molar-refractivity contribution < 1.29 is 14.3 Å². The van der Waals surface area contributed by atoms with Crippen LogP contribution in [0.5, 0.6) is 5.75 Å². The fourth-order valence-electron chi connectivity index (χ4n) is 4.07. The summed E-state index contributed by atoms with van der Waals surface area (Å²) in [5.41, 5.74) is 1.22. The zero-order valence-electron chi connectivity index (χ0n) is 21.6. The molecule has 6 nitrogen and oxygen atoms in total. The number of hydrogen-bond donors (Lipinski definition) is 1. The highest BCUT2D eigenvalue weighted by atomic mass is 16.5. The molecule has 1 N–H and O–H groups in total. The number of ether oxygens (including phenoxy) is 1. The first kappa shape index (κ1) is 27.2. The molecule has 0 spiro atoms. The van der Waals surface area contributed by atoms with Crippen molar-refractivity contribution in [2.24, 2.45) is 17.8 Å². The number of hydrogen-bond acceptors (Lipinski definition) is 4. The summed E-state index contributed by atoms with van der Waals surface area (Å²) < 4.78 is 5.91. The summed E-state index contributed by atoms with van der Waals surface area (Å²) in [5.74, 6) is 2.80. The maximum atomic E-state index is 12.7. The first-order valence-corrected chi connectivity index (χ1v) is 12.6. The van der Waals surface area contributed by atoms with E-state index in [1.54, 1.807) is 4.90 Å². The molecule has 186 valence electrons. The lowest BCUT2D eigenvalue weighted by Crippen LogP contribution is -2.57. The van der Waals surface area contributed by atoms with Crippen LogP contribution >= 0.6 is 0 Å². The average molecular weight is 460 g/mol. The van der Waals surface area contributed by atoms with Crippen molar-refractivity contribution in [3.8, 4) is 5.75 Å². The first-order valence-electron chi connectivity index (χ1n) is 12.6. The average Bonchev–Trinajstić information content (AvgIpc) is 2.76. The molecule has 2 fully saturated rings. The fourth-order valence-corrected chi connectivity index (χ4v) is 4.07. The normalized spacial score (nSPS) is 19.5. The van der Waals surface area contributed by atoms with Crippen LogP contribution in [0.25, 0.3) is 0 Å². The molecule has 1 unspecified atom stereocenters. The van der Waals surface area contributed by atoms with E-state index < -0.39 is 0 Å². The van der Waals surface area contributed by atoms with Gasteiger partial charge in [0.15, 0.2) is 0 Å². The van der Waals surface area contributed by atoms with Gasteiger partial charge in [0.25, 0.3) is 0 Å². The number of likely N-dealkylation sites (tertiary alicyclic amines) is 1. The van der Waals surface area contributed by atoms with Gasteiger partial charge >= 0.3 is 0 Å². The molecule has 1 atom stereocenters. The molecule has 2 saturated heterocycles. The van der Waals surface area contributed by atoms with E-state index in [1.807, 2.05) is 17.0 Å². The van der Waals surface area contributed by atoms with Crippen LogP contribution in [0, 0.1) is 24.7 Å². The van der Waals surface area contributed by atoms with E-state index in [2.05, 4.69) is 59.0 Å². The monoisotopic (exact) mass is 459 g/mol. The van der Waals surface area contributed by atoms with Crippen molar-refractivity contribution in [3.63, 3.8) is 0 Å². The lowest BCUT2D eigenvalue weighted by atomic mass is 9.97. The van der Waals surface area contributed by atoms with Gasteiger partial charge in [0.2, 0.25) is 11.8 Å². The second-order valence-corrected chi connectivity index (χ2v) is 10.6. The van der Waals surface area contributed by atoms with E-state index in [-0.39, 0.29) is 24.4 Å². The van der Waals surface area contributed by atoms with Crippen LogP contribution in [0.15, 0.2) is 24.3 Å². The summed E-state index contributed by atoms with van der Waals surface area (Å²) in [6, 6.07) is 7.97. The summed E-state index contributed by atoms with van der Waals surface area (Å²) in [4.78, 5) is 29.0. The molecule has 0 bridgehead atoms. The Hall–Kier alpha value is -2.08. The quantitative estimate of drug-likeness (QED) is 0.666. The number of nitrogens with one attached hydrogen (secondary N) is 1. The number of piperazine rings is 1. The van der Waals surface area contributed by atoms with Crippen molar-refractivity contribution in [1.82, 2.24) is 15.1 Å². The predicted molar refractivity (Wildman–Crippen MR) is 134 cm³/mol. The van der Waals surface area contributed by atoms with Crippen LogP contribution in [-0.2, 0) is 9.59 Å². The van der Waals surface area contributed by atoms with Crippen molar-refractivity contribution >= 4 is 11.8 Å². The minimum atomic E-state index is -0.152. The Morgan fingerprint density at radius 3 is 2.24 bits per heavy atom. The van der Waals surface area contributed by atoms with Gasteiger partial charge < -0.3 is 19.9 Å². The molecule has 0 saturated carbocycles. The van der Waals surface area contributed by atoms with Gasteiger partial charge in [-0.3, -0.25) is 9.59 Å². The first-order chi connectivity index (χ1) is 15.7. The third-order valence-corrected chi connectivity index (χ3v) is 5.89. The molecule has 0 radical (unpaired) electrons. The molecule has 2 amide bonds. The van der Waals surface area contributed by atoms with Crippen molar-refractivity contribution in [3.05, 3.63) is 29.8 Å². The molecule has 6 heteroatoms. The number of amides is 2. The van der Waals surface area contributed by atoms with Gasteiger partial charge in [-0.15, -0.1) is 0 Å². The molecular weight excluding hydrogens is 414 g/mol. The van der Waals surface area contributed by atoms with E-state index in [1.165, 1.54) is 5.56 Å². The molecule has 33 heavy (non-hydrogen) atoms. The highest BCUT2D eigenvalue weighted by molar-refractivity contribution is 5.88. The molecule has 2 aliphatic heterocycles. The fraction of sp³-hybridized carbons (Fsp3) is 0.704. The van der Waals surface area contributed by atoms with E-state index in [0.29, 0.717) is 25.0 Å². The van der Waals surface area contributed by atoms with Gasteiger partial charge in [-0.05, 0) is 56.1 Å². The Bertz CT molecular complexity index is 722. The number of carbonyl (C=O) groups is 2. The topological polar surface area (TPSA) is 61.9 Å². The van der Waals surface area contributed by atoms with Crippen LogP contribution in [0.2, 0.25) is 0 Å². The number of rotatable bonds is 7. The van der Waals surface area contributed by atoms with E-state index in [4.69, 9.17) is 4.74 Å². The molecule has 1 aromatic carbocycles. The number of nitrogens with zero attached hydrogens (tertiary/aromatic N) is 2. The standard InChI is InChI=1S/C23H35N3O3.C4H10/c1-17(2)14-21-23(28)26(13-10-24-21)15-22(27)25-11-8-19(9-12-25)16-29-20-6-4-18(3)5-7-20;1-4(2)3/h4-7,17,19,21,24H,8-16H2,1-3H3;4H,1-3H3. The highest BCUT2D eigenvalue weighted by Crippen LogP contribution is 2.20. The number of benzene rings is 1. The Labute approximate surface area is 201 Å². The second kappa shape index (κ2) is 13.6. The molecular formula is C27H45N3O3. The second-order valence-electron chi connectivity index (χ2n) is 10.6. The maximum absolute atomic E-state index is 12.7. The third kappa shape index (κ3) is 9.75. The Kier molecular flexibility index (Phi) is 11.2. The van der Waals surface area contributed by atoms with Crippen molar-refractivity contribution in [2.45, 2.75) is 66.8 Å². The molecule has 0 aromatic heterocycles. The number of aryl methyl sites for hydroxylation is 1. The molecule has 0 aliphatic carbocycles. The largest absolute Gasteiger partial charge is 0.493 e. The zero-order chi connectivity index (χ0) is 24.4. The minimum Gasteiger partial charge on any atom is -0.493 e. The van der Waals surface area contributed by atoms with Gasteiger partial charge in [0, 0.05) is 26.2 Å². The molecule has 2 aliphatic rings. The van der Waals surface area contributed by atoms with Gasteiger partial charge in [-0.2, -0.15) is 0 Å². The Morgan fingerprint density at radius 1 is 1.06 bits per heavy atom. The lowest BCUT2D eigenvalue weighted by Gasteiger charge is -2.36. The number of carbonyl (C=O) groups excluding carboxylic acids is 2. The molecule has 1 aromatic rings. The van der Waals surface area contributed by atoms with Gasteiger partial charge in [0.05, 0.1) is 19.2 Å². The summed E-state index contributed by atoms with van der Waals surface area (Å²) in [7, 11) is 0. The van der Waals surface area contributed by atoms with E-state index >= 15 is 0 Å². The van der Waals surface area contributed by atoms with Crippen molar-refractivity contribution in [2.75, 3.05) is 39.3 Å². The Morgan fingerprint density at radius 2 is 1.67 bits per heavy atom. The van der Waals surface area contributed by atoms with Crippen LogP contribution in [-0.4, -0.2) is 67.0 Å². The van der Waals surface area contributed by atoms with Crippen molar-refractivity contribution in [1.29, 1.82) is 0 Å². The van der Waals surface area contributed by atoms with Crippen LogP contribution in [0.3, 0.4) is 0 Å². The molecule has 3 rings (SSSR count). The third-order valence-electron chi connectivity index (χ3n) is 5.89. The van der Waals surface area contributed by atoms with Gasteiger partial charge in [-0.25, -0.2) is 0 Å². The van der Waals surface area contributed by atoms with E-state index in [9.17, 15) is 9.59 Å². The van der Waals surface area contributed by atoms with Gasteiger partial charge in [-0.1, -0.05) is 52.3 Å². The zero-order valence-corrected chi connectivity index (χ0v) is 21.6. The predicted octanol–water partition coefficient (Wildman–Crippen LogP) is 4.12. The van der Waals surface area contributed by atoms with Crippen LogP contribution < -0.4 is 10.1 Å². The van der Waals surface area contributed by atoms with Crippen LogP contribution in [0.4, 0.5) is 0 Å². The van der Waals surface area contributed by atoms with E-state index in [0.717, 1.165) is 50.6 Å².